The van der Waals surface area contributed by atoms with Crippen LogP contribution in [0, 0.1) is 11.3 Å². The third-order valence-corrected chi connectivity index (χ3v) is 7.19. The van der Waals surface area contributed by atoms with Gasteiger partial charge in [-0.3, -0.25) is 9.69 Å². The number of likely N-dealkylation sites (tertiary alicyclic amines) is 1. The molecule has 0 bridgehead atoms. The molecule has 1 aliphatic carbocycles. The second-order valence-electron chi connectivity index (χ2n) is 7.96. The van der Waals surface area contributed by atoms with E-state index in [0.717, 1.165) is 58.7 Å². The van der Waals surface area contributed by atoms with Gasteiger partial charge in [0.25, 0.3) is 0 Å². The Morgan fingerprint density at radius 1 is 1.21 bits per heavy atom. The lowest BCUT2D eigenvalue weighted by Crippen LogP contribution is -2.39. The van der Waals surface area contributed by atoms with Crippen molar-refractivity contribution < 1.29 is 4.79 Å². The monoisotopic (exact) mass is 347 g/mol. The molecule has 2 saturated heterocycles. The first kappa shape index (κ1) is 16.6. The SMILES string of the molecule is CN1CCCN(C(=O)[C@H]2CC23CCN(Cc2cccs2)CC3)CC1. The van der Waals surface area contributed by atoms with E-state index in [2.05, 4.69) is 39.3 Å². The molecular formula is C19H29N3OS. The van der Waals surface area contributed by atoms with Gasteiger partial charge in [0, 0.05) is 37.0 Å². The lowest BCUT2D eigenvalue weighted by molar-refractivity contribution is -0.133. The summed E-state index contributed by atoms with van der Waals surface area (Å²) in [5.41, 5.74) is 0.348. The molecule has 3 aliphatic rings. The fraction of sp³-hybridized carbons (Fsp3) is 0.737. The quantitative estimate of drug-likeness (QED) is 0.841. The Bertz CT molecular complexity index is 565. The van der Waals surface area contributed by atoms with Crippen LogP contribution in [0.4, 0.5) is 0 Å². The molecule has 0 radical (unpaired) electrons. The molecule has 0 aromatic carbocycles. The molecule has 4 rings (SSSR count). The third-order valence-electron chi connectivity index (χ3n) is 6.33. The Hall–Kier alpha value is -0.910. The summed E-state index contributed by atoms with van der Waals surface area (Å²) in [5, 5.41) is 2.16. The molecule has 24 heavy (non-hydrogen) atoms. The number of piperidine rings is 1. The number of likely N-dealkylation sites (N-methyl/N-ethyl adjacent to an activating group) is 1. The van der Waals surface area contributed by atoms with Gasteiger partial charge < -0.3 is 9.80 Å². The van der Waals surface area contributed by atoms with Gasteiger partial charge in [-0.05, 0) is 69.2 Å². The van der Waals surface area contributed by atoms with Crippen molar-refractivity contribution in [1.29, 1.82) is 0 Å². The molecule has 1 spiro atoms. The van der Waals surface area contributed by atoms with E-state index in [-0.39, 0.29) is 0 Å². The van der Waals surface area contributed by atoms with Crippen LogP contribution in [0.5, 0.6) is 0 Å². The molecule has 3 fully saturated rings. The van der Waals surface area contributed by atoms with Gasteiger partial charge in [0.15, 0.2) is 0 Å². The van der Waals surface area contributed by atoms with Gasteiger partial charge in [-0.2, -0.15) is 0 Å². The van der Waals surface area contributed by atoms with E-state index in [4.69, 9.17) is 0 Å². The zero-order chi connectivity index (χ0) is 16.6. The largest absolute Gasteiger partial charge is 0.341 e. The van der Waals surface area contributed by atoms with E-state index in [1.807, 2.05) is 11.3 Å². The number of nitrogens with zero attached hydrogens (tertiary/aromatic N) is 3. The highest BCUT2D eigenvalue weighted by Crippen LogP contribution is 2.60. The number of rotatable bonds is 3. The van der Waals surface area contributed by atoms with Crippen molar-refractivity contribution in [3.05, 3.63) is 22.4 Å². The predicted octanol–water partition coefficient (Wildman–Crippen LogP) is 2.51. The minimum Gasteiger partial charge on any atom is -0.341 e. The van der Waals surface area contributed by atoms with Gasteiger partial charge in [-0.25, -0.2) is 0 Å². The summed E-state index contributed by atoms with van der Waals surface area (Å²) < 4.78 is 0. The average Bonchev–Trinajstić information content (AvgIpc) is 3.13. The first-order chi connectivity index (χ1) is 11.7. The van der Waals surface area contributed by atoms with Gasteiger partial charge in [0.2, 0.25) is 5.91 Å². The molecule has 3 heterocycles. The summed E-state index contributed by atoms with van der Waals surface area (Å²) in [6.07, 6.45) is 4.69. The molecule has 4 nitrogen and oxygen atoms in total. The van der Waals surface area contributed by atoms with Crippen LogP contribution in [0.1, 0.15) is 30.6 Å². The minimum atomic E-state index is 0.324. The van der Waals surface area contributed by atoms with Crippen molar-refractivity contribution in [2.45, 2.75) is 32.2 Å². The van der Waals surface area contributed by atoms with Crippen LogP contribution in [0.15, 0.2) is 17.5 Å². The number of carbonyl (C=O) groups is 1. The fourth-order valence-corrected chi connectivity index (χ4v) is 5.26. The van der Waals surface area contributed by atoms with Crippen molar-refractivity contribution >= 4 is 17.2 Å². The van der Waals surface area contributed by atoms with Crippen LogP contribution in [0.2, 0.25) is 0 Å². The van der Waals surface area contributed by atoms with E-state index in [0.29, 0.717) is 17.2 Å². The summed E-state index contributed by atoms with van der Waals surface area (Å²) >= 11 is 1.85. The molecular weight excluding hydrogens is 318 g/mol. The van der Waals surface area contributed by atoms with E-state index < -0.39 is 0 Å². The van der Waals surface area contributed by atoms with Gasteiger partial charge in [0.1, 0.15) is 0 Å². The lowest BCUT2D eigenvalue weighted by Gasteiger charge is -2.33. The first-order valence-electron chi connectivity index (χ1n) is 9.38. The molecule has 0 N–H and O–H groups in total. The number of hydrogen-bond donors (Lipinski definition) is 0. The first-order valence-corrected chi connectivity index (χ1v) is 10.3. The lowest BCUT2D eigenvalue weighted by atomic mass is 9.90. The second kappa shape index (κ2) is 6.77. The van der Waals surface area contributed by atoms with Crippen LogP contribution in [0.25, 0.3) is 0 Å². The fourth-order valence-electron chi connectivity index (χ4n) is 4.52. The number of carbonyl (C=O) groups excluding carboxylic acids is 1. The molecule has 1 amide bonds. The van der Waals surface area contributed by atoms with Crippen molar-refractivity contribution in [3.63, 3.8) is 0 Å². The number of hydrogen-bond acceptors (Lipinski definition) is 4. The zero-order valence-corrected chi connectivity index (χ0v) is 15.6. The summed E-state index contributed by atoms with van der Waals surface area (Å²) in [6.45, 7) is 7.43. The van der Waals surface area contributed by atoms with Crippen LogP contribution >= 0.6 is 11.3 Å². The van der Waals surface area contributed by atoms with Crippen LogP contribution in [0.3, 0.4) is 0 Å². The van der Waals surface area contributed by atoms with Crippen LogP contribution in [-0.2, 0) is 11.3 Å². The second-order valence-corrected chi connectivity index (χ2v) is 8.99. The van der Waals surface area contributed by atoms with Crippen molar-refractivity contribution in [1.82, 2.24) is 14.7 Å². The van der Waals surface area contributed by atoms with Gasteiger partial charge >= 0.3 is 0 Å². The summed E-state index contributed by atoms with van der Waals surface area (Å²) in [4.78, 5) is 21.5. The maximum absolute atomic E-state index is 12.9. The molecule has 0 unspecified atom stereocenters. The van der Waals surface area contributed by atoms with Crippen molar-refractivity contribution in [2.75, 3.05) is 46.3 Å². The van der Waals surface area contributed by atoms with Gasteiger partial charge in [-0.15, -0.1) is 11.3 Å². The number of thiophene rings is 1. The molecule has 1 aromatic rings. The molecule has 5 heteroatoms. The summed E-state index contributed by atoms with van der Waals surface area (Å²) in [6, 6.07) is 4.37. The Kier molecular flexibility index (Phi) is 4.67. The van der Waals surface area contributed by atoms with Gasteiger partial charge in [0.05, 0.1) is 0 Å². The van der Waals surface area contributed by atoms with Crippen LogP contribution in [-0.4, -0.2) is 66.9 Å². The molecule has 132 valence electrons. The summed E-state index contributed by atoms with van der Waals surface area (Å²) in [7, 11) is 2.16. The van der Waals surface area contributed by atoms with E-state index in [9.17, 15) is 4.79 Å². The smallest absolute Gasteiger partial charge is 0.226 e. The summed E-state index contributed by atoms with van der Waals surface area (Å²) in [5.74, 6) is 0.779. The molecule has 1 saturated carbocycles. The highest BCUT2D eigenvalue weighted by molar-refractivity contribution is 7.09. The standard InChI is InChI=1S/C19H29N3OS/c1-20-7-3-8-22(12-11-20)18(23)17-14-19(17)5-9-21(10-6-19)15-16-4-2-13-24-16/h2,4,13,17H,3,5-12,14-15H2,1H3/t17-/m1/s1. The maximum atomic E-state index is 12.9. The van der Waals surface area contributed by atoms with Gasteiger partial charge in [-0.1, -0.05) is 6.07 Å². The Morgan fingerprint density at radius 3 is 2.79 bits per heavy atom. The number of amides is 1. The zero-order valence-electron chi connectivity index (χ0n) is 14.7. The average molecular weight is 348 g/mol. The van der Waals surface area contributed by atoms with Crippen molar-refractivity contribution in [3.8, 4) is 0 Å². The normalized spacial score (nSPS) is 28.0. The van der Waals surface area contributed by atoms with Crippen LogP contribution < -0.4 is 0 Å². The molecule has 1 aromatic heterocycles. The highest BCUT2D eigenvalue weighted by atomic mass is 32.1. The topological polar surface area (TPSA) is 26.8 Å². The predicted molar refractivity (Wildman–Crippen MR) is 98.1 cm³/mol. The maximum Gasteiger partial charge on any atom is 0.226 e. The molecule has 1 atom stereocenters. The highest BCUT2D eigenvalue weighted by Gasteiger charge is 2.59. The Balaban J connectivity index is 1.29. The Morgan fingerprint density at radius 2 is 2.04 bits per heavy atom. The Labute approximate surface area is 149 Å². The molecule has 2 aliphatic heterocycles. The minimum absolute atomic E-state index is 0.324. The van der Waals surface area contributed by atoms with E-state index in [1.54, 1.807) is 0 Å². The van der Waals surface area contributed by atoms with E-state index >= 15 is 0 Å². The van der Waals surface area contributed by atoms with Crippen molar-refractivity contribution in [2.24, 2.45) is 11.3 Å². The third kappa shape index (κ3) is 3.39. The van der Waals surface area contributed by atoms with E-state index in [1.165, 1.54) is 17.7 Å².